The van der Waals surface area contributed by atoms with Crippen molar-refractivity contribution < 1.29 is 24.4 Å². The predicted octanol–water partition coefficient (Wildman–Crippen LogP) is 1.67. The monoisotopic (exact) mass is 325 g/mol. The predicted molar refractivity (Wildman–Crippen MR) is 80.8 cm³/mol. The fourth-order valence-electron chi connectivity index (χ4n) is 5.49. The second-order valence-electron chi connectivity index (χ2n) is 7.97. The van der Waals surface area contributed by atoms with Crippen LogP contribution >= 0.6 is 0 Å². The third-order valence-corrected chi connectivity index (χ3v) is 6.70. The van der Waals surface area contributed by atoms with E-state index in [-0.39, 0.29) is 30.9 Å². The van der Waals surface area contributed by atoms with Crippen LogP contribution in [0.25, 0.3) is 0 Å². The van der Waals surface area contributed by atoms with Crippen molar-refractivity contribution in [3.63, 3.8) is 0 Å². The molecule has 0 unspecified atom stereocenters. The molecule has 0 aromatic heterocycles. The molecular weight excluding hydrogens is 298 g/mol. The molecule has 6 heteroatoms. The molecule has 0 aromatic rings. The molecule has 1 aliphatic carbocycles. The smallest absolute Gasteiger partial charge is 0.227 e. The molecule has 4 aliphatic heterocycles. The van der Waals surface area contributed by atoms with E-state index < -0.39 is 17.6 Å². The molecule has 1 amide bonds. The summed E-state index contributed by atoms with van der Waals surface area (Å²) in [6.07, 6.45) is 3.36. The second kappa shape index (κ2) is 5.15. The molecule has 130 valence electrons. The normalized spacial score (nSPS) is 52.3. The van der Waals surface area contributed by atoms with Gasteiger partial charge in [-0.1, -0.05) is 13.8 Å². The molecule has 23 heavy (non-hydrogen) atoms. The van der Waals surface area contributed by atoms with E-state index in [9.17, 15) is 9.90 Å². The van der Waals surface area contributed by atoms with Gasteiger partial charge in [-0.15, -0.1) is 0 Å². The minimum absolute atomic E-state index is 0.0627. The Hall–Kier alpha value is -0.690. The Morgan fingerprint density at radius 1 is 1.22 bits per heavy atom. The topological polar surface area (TPSA) is 68.2 Å². The van der Waals surface area contributed by atoms with Gasteiger partial charge in [0.25, 0.3) is 0 Å². The number of fused-ring (bicyclic) bond motifs is 2. The molecule has 0 radical (unpaired) electrons. The summed E-state index contributed by atoms with van der Waals surface area (Å²) in [6, 6.07) is 0. The van der Waals surface area contributed by atoms with Crippen LogP contribution in [0.2, 0.25) is 0 Å². The molecule has 6 nitrogen and oxygen atoms in total. The van der Waals surface area contributed by atoms with Crippen molar-refractivity contribution in [1.29, 1.82) is 0 Å². The van der Waals surface area contributed by atoms with E-state index >= 15 is 0 Å². The molecule has 1 saturated carbocycles. The second-order valence-corrected chi connectivity index (χ2v) is 7.97. The van der Waals surface area contributed by atoms with Gasteiger partial charge < -0.3 is 14.7 Å². The maximum absolute atomic E-state index is 12.9. The summed E-state index contributed by atoms with van der Waals surface area (Å²) in [5.41, 5.74) is -0.601. The van der Waals surface area contributed by atoms with E-state index in [0.29, 0.717) is 11.8 Å². The average Bonchev–Trinajstić information content (AvgIpc) is 2.76. The highest BCUT2D eigenvalue weighted by molar-refractivity contribution is 5.80. The van der Waals surface area contributed by atoms with Crippen molar-refractivity contribution in [2.45, 2.75) is 64.1 Å². The Morgan fingerprint density at radius 2 is 2.00 bits per heavy atom. The first kappa shape index (κ1) is 15.8. The highest BCUT2D eigenvalue weighted by Crippen LogP contribution is 2.60. The van der Waals surface area contributed by atoms with Crippen LogP contribution in [-0.2, 0) is 19.3 Å². The Morgan fingerprint density at radius 3 is 2.74 bits per heavy atom. The van der Waals surface area contributed by atoms with Crippen LogP contribution in [-0.4, -0.2) is 46.7 Å². The van der Waals surface area contributed by atoms with Crippen LogP contribution in [0.4, 0.5) is 0 Å². The Balaban J connectivity index is 1.85. The van der Waals surface area contributed by atoms with Gasteiger partial charge in [-0.05, 0) is 38.0 Å². The van der Waals surface area contributed by atoms with Crippen molar-refractivity contribution in [2.24, 2.45) is 23.7 Å². The molecule has 4 heterocycles. The zero-order valence-electron chi connectivity index (χ0n) is 14.2. The number of hydrogen-bond acceptors (Lipinski definition) is 5. The van der Waals surface area contributed by atoms with Crippen LogP contribution < -0.4 is 0 Å². The van der Waals surface area contributed by atoms with Crippen LogP contribution in [0.3, 0.4) is 0 Å². The zero-order chi connectivity index (χ0) is 16.4. The average molecular weight is 325 g/mol. The van der Waals surface area contributed by atoms with Crippen molar-refractivity contribution >= 4 is 5.91 Å². The fraction of sp³-hybridized carbons (Fsp3) is 0.941. The maximum Gasteiger partial charge on any atom is 0.227 e. The van der Waals surface area contributed by atoms with Gasteiger partial charge in [-0.3, -0.25) is 4.79 Å². The maximum atomic E-state index is 12.9. The number of carbonyl (C=O) groups excluding carboxylic acids is 1. The first-order valence-electron chi connectivity index (χ1n) is 8.89. The lowest BCUT2D eigenvalue weighted by molar-refractivity contribution is -0.547. The number of likely N-dealkylation sites (tertiary alicyclic amines) is 1. The van der Waals surface area contributed by atoms with Crippen LogP contribution in [0, 0.1) is 23.7 Å². The number of ether oxygens (including phenoxy) is 1. The number of amides is 1. The van der Waals surface area contributed by atoms with E-state index in [1.54, 1.807) is 4.90 Å². The Bertz CT molecular complexity index is 513. The summed E-state index contributed by atoms with van der Waals surface area (Å²) < 4.78 is 6.31. The van der Waals surface area contributed by atoms with Crippen LogP contribution in [0.5, 0.6) is 0 Å². The molecule has 1 spiro atoms. The van der Waals surface area contributed by atoms with Gasteiger partial charge in [-0.25, -0.2) is 9.78 Å². The largest absolute Gasteiger partial charge is 0.395 e. The highest BCUT2D eigenvalue weighted by atomic mass is 17.3. The molecule has 1 N–H and O–H groups in total. The van der Waals surface area contributed by atoms with Gasteiger partial charge in [0, 0.05) is 24.8 Å². The molecular formula is C17H27NO5. The van der Waals surface area contributed by atoms with E-state index in [4.69, 9.17) is 14.5 Å². The summed E-state index contributed by atoms with van der Waals surface area (Å²) in [5, 5.41) is 9.45. The molecule has 5 fully saturated rings. The molecule has 5 aliphatic rings. The standard InChI is InChI=1S/C17H27NO5/c1-10-4-5-13-11(2)14(20)18(8-9-19)15-17(13)12(10)6-7-16(3,21-15)22-23-17/h10-13,15,19H,4-9H2,1-3H3/t10-,11-,12+,13+,15-,16+,17+/m1/s1. The summed E-state index contributed by atoms with van der Waals surface area (Å²) in [5.74, 6) is 0.0469. The van der Waals surface area contributed by atoms with Crippen LogP contribution in [0.15, 0.2) is 0 Å². The number of nitrogens with zero attached hydrogens (tertiary/aromatic N) is 1. The zero-order valence-corrected chi connectivity index (χ0v) is 14.2. The number of hydrogen-bond donors (Lipinski definition) is 1. The lowest BCUT2D eigenvalue weighted by atomic mass is 9.57. The lowest BCUT2D eigenvalue weighted by Gasteiger charge is -2.61. The van der Waals surface area contributed by atoms with E-state index in [2.05, 4.69) is 6.92 Å². The molecule has 2 bridgehead atoms. The van der Waals surface area contributed by atoms with Gasteiger partial charge in [-0.2, -0.15) is 0 Å². The van der Waals surface area contributed by atoms with Gasteiger partial charge in [0.2, 0.25) is 11.7 Å². The van der Waals surface area contributed by atoms with Gasteiger partial charge in [0.05, 0.1) is 6.61 Å². The van der Waals surface area contributed by atoms with E-state index in [1.165, 1.54) is 0 Å². The quantitative estimate of drug-likeness (QED) is 0.782. The highest BCUT2D eigenvalue weighted by Gasteiger charge is 2.70. The first-order valence-corrected chi connectivity index (χ1v) is 8.89. The summed E-state index contributed by atoms with van der Waals surface area (Å²) in [4.78, 5) is 26.4. The van der Waals surface area contributed by atoms with Crippen molar-refractivity contribution in [2.75, 3.05) is 13.2 Å². The Labute approximate surface area is 137 Å². The summed E-state index contributed by atoms with van der Waals surface area (Å²) >= 11 is 0. The number of rotatable bonds is 2. The number of piperidine rings is 1. The summed E-state index contributed by atoms with van der Waals surface area (Å²) in [6.45, 7) is 6.35. The van der Waals surface area contributed by atoms with Gasteiger partial charge in [0.15, 0.2) is 11.8 Å². The van der Waals surface area contributed by atoms with Crippen LogP contribution in [0.1, 0.15) is 46.5 Å². The fourth-order valence-corrected chi connectivity index (χ4v) is 5.49. The molecule has 5 rings (SSSR count). The molecule has 0 aromatic carbocycles. The number of carbonyl (C=O) groups is 1. The minimum atomic E-state index is -0.813. The van der Waals surface area contributed by atoms with Crippen molar-refractivity contribution in [3.05, 3.63) is 0 Å². The number of β-amino-alcohol motifs (C(OH)–C–C–N with tert-alkyl or cyclic N) is 1. The third-order valence-electron chi connectivity index (χ3n) is 6.70. The summed E-state index contributed by atoms with van der Waals surface area (Å²) in [7, 11) is 0. The first-order chi connectivity index (χ1) is 10.9. The minimum Gasteiger partial charge on any atom is -0.395 e. The van der Waals surface area contributed by atoms with Crippen molar-refractivity contribution in [3.8, 4) is 0 Å². The van der Waals surface area contributed by atoms with E-state index in [0.717, 1.165) is 25.7 Å². The lowest BCUT2D eigenvalue weighted by Crippen LogP contribution is -2.75. The molecule has 7 atom stereocenters. The van der Waals surface area contributed by atoms with Crippen molar-refractivity contribution in [1.82, 2.24) is 4.90 Å². The SMILES string of the molecule is C[C@@H]1CC[C@H]2[C@@H](C)C(=O)N(CCO)[C@@H]3O[C@]4(C)CC[C@@H]1[C@]23OO4. The van der Waals surface area contributed by atoms with Gasteiger partial charge >= 0.3 is 0 Å². The van der Waals surface area contributed by atoms with E-state index in [1.807, 2.05) is 13.8 Å². The Kier molecular flexibility index (Phi) is 3.54. The third kappa shape index (κ3) is 1.98. The molecule has 4 saturated heterocycles. The number of aliphatic hydroxyl groups is 1. The van der Waals surface area contributed by atoms with Gasteiger partial charge in [0.1, 0.15) is 0 Å². The number of aliphatic hydroxyl groups excluding tert-OH is 1.